The number of carbonyl (C=O) groups is 1. The third-order valence-corrected chi connectivity index (χ3v) is 5.50. The molecule has 0 saturated carbocycles. The predicted molar refractivity (Wildman–Crippen MR) is 94.9 cm³/mol. The summed E-state index contributed by atoms with van der Waals surface area (Å²) in [4.78, 5) is 18.2. The molecular weight excluding hydrogens is 324 g/mol. The van der Waals surface area contributed by atoms with Crippen molar-refractivity contribution in [3.8, 4) is 22.8 Å². The number of nitrogens with zero attached hydrogens (tertiary/aromatic N) is 2. The Morgan fingerprint density at radius 2 is 1.92 bits per heavy atom. The standard InChI is InChI=1S/C18H22N2O3S/c1-12(21)20-8-6-13(7-9-20)18-19-15(11-24-18)14-4-5-16(22-2)17(10-14)23-3/h4-5,10-11,13H,6-9H2,1-3H3. The van der Waals surface area contributed by atoms with Gasteiger partial charge in [-0.2, -0.15) is 0 Å². The molecule has 128 valence electrons. The molecular formula is C18H22N2O3S. The summed E-state index contributed by atoms with van der Waals surface area (Å²) in [5, 5.41) is 3.25. The number of rotatable bonds is 4. The third-order valence-electron chi connectivity index (χ3n) is 4.49. The third kappa shape index (κ3) is 3.38. The van der Waals surface area contributed by atoms with Gasteiger partial charge in [-0.05, 0) is 31.0 Å². The zero-order valence-electron chi connectivity index (χ0n) is 14.2. The maximum atomic E-state index is 11.4. The van der Waals surface area contributed by atoms with E-state index in [-0.39, 0.29) is 5.91 Å². The lowest BCUT2D eigenvalue weighted by Crippen LogP contribution is -2.36. The molecule has 0 spiro atoms. The van der Waals surface area contributed by atoms with Crippen LogP contribution in [0.2, 0.25) is 0 Å². The summed E-state index contributed by atoms with van der Waals surface area (Å²) in [5.41, 5.74) is 1.99. The largest absolute Gasteiger partial charge is 0.493 e. The fourth-order valence-electron chi connectivity index (χ4n) is 3.04. The van der Waals surface area contributed by atoms with Gasteiger partial charge in [-0.25, -0.2) is 4.98 Å². The molecule has 3 rings (SSSR count). The number of hydrogen-bond acceptors (Lipinski definition) is 5. The van der Waals surface area contributed by atoms with Gasteiger partial charge in [-0.1, -0.05) is 0 Å². The van der Waals surface area contributed by atoms with Crippen molar-refractivity contribution in [1.82, 2.24) is 9.88 Å². The number of methoxy groups -OCH3 is 2. The maximum absolute atomic E-state index is 11.4. The maximum Gasteiger partial charge on any atom is 0.219 e. The van der Waals surface area contributed by atoms with Crippen LogP contribution in [0.3, 0.4) is 0 Å². The highest BCUT2D eigenvalue weighted by Crippen LogP contribution is 2.36. The van der Waals surface area contributed by atoms with E-state index in [2.05, 4.69) is 5.38 Å². The Hall–Kier alpha value is -2.08. The van der Waals surface area contributed by atoms with Gasteiger partial charge < -0.3 is 14.4 Å². The van der Waals surface area contributed by atoms with Crippen molar-refractivity contribution in [2.24, 2.45) is 0 Å². The van der Waals surface area contributed by atoms with E-state index in [4.69, 9.17) is 14.5 Å². The Morgan fingerprint density at radius 3 is 2.54 bits per heavy atom. The van der Waals surface area contributed by atoms with Gasteiger partial charge in [0.25, 0.3) is 0 Å². The summed E-state index contributed by atoms with van der Waals surface area (Å²) < 4.78 is 10.7. The molecule has 1 aromatic heterocycles. The van der Waals surface area contributed by atoms with Gasteiger partial charge in [0.2, 0.25) is 5.91 Å². The highest BCUT2D eigenvalue weighted by molar-refractivity contribution is 7.10. The predicted octanol–water partition coefficient (Wildman–Crippen LogP) is 3.55. The van der Waals surface area contributed by atoms with Gasteiger partial charge in [0, 0.05) is 36.9 Å². The van der Waals surface area contributed by atoms with E-state index >= 15 is 0 Å². The number of aromatic nitrogens is 1. The van der Waals surface area contributed by atoms with Gasteiger partial charge in [0.05, 0.1) is 24.9 Å². The Kier molecular flexibility index (Phi) is 5.04. The first-order valence-corrected chi connectivity index (χ1v) is 8.93. The van der Waals surface area contributed by atoms with Gasteiger partial charge in [-0.3, -0.25) is 4.79 Å². The van der Waals surface area contributed by atoms with E-state index < -0.39 is 0 Å². The van der Waals surface area contributed by atoms with Crippen LogP contribution in [-0.2, 0) is 4.79 Å². The zero-order chi connectivity index (χ0) is 17.1. The van der Waals surface area contributed by atoms with Crippen LogP contribution < -0.4 is 9.47 Å². The van der Waals surface area contributed by atoms with Crippen molar-refractivity contribution < 1.29 is 14.3 Å². The minimum absolute atomic E-state index is 0.165. The molecule has 2 aromatic rings. The van der Waals surface area contributed by atoms with E-state index in [0.717, 1.165) is 42.2 Å². The van der Waals surface area contributed by atoms with E-state index in [9.17, 15) is 4.79 Å². The minimum Gasteiger partial charge on any atom is -0.493 e. The normalized spacial score (nSPS) is 15.4. The SMILES string of the molecule is COc1ccc(-c2csc(C3CCN(C(C)=O)CC3)n2)cc1OC. The van der Waals surface area contributed by atoms with Crippen molar-refractivity contribution in [3.05, 3.63) is 28.6 Å². The second-order valence-corrected chi connectivity index (χ2v) is 6.81. The smallest absolute Gasteiger partial charge is 0.219 e. The topological polar surface area (TPSA) is 51.7 Å². The minimum atomic E-state index is 0.165. The van der Waals surface area contributed by atoms with Crippen LogP contribution in [0.4, 0.5) is 0 Å². The number of benzene rings is 1. The molecule has 0 aliphatic carbocycles. The number of hydrogen-bond donors (Lipinski definition) is 0. The number of piperidine rings is 1. The number of thiazole rings is 1. The molecule has 1 amide bonds. The summed E-state index contributed by atoms with van der Waals surface area (Å²) in [6.45, 7) is 3.29. The summed E-state index contributed by atoms with van der Waals surface area (Å²) in [5.74, 6) is 2.03. The van der Waals surface area contributed by atoms with Crippen LogP contribution in [0.15, 0.2) is 23.6 Å². The first-order valence-electron chi connectivity index (χ1n) is 8.05. The van der Waals surface area contributed by atoms with Crippen molar-refractivity contribution in [3.63, 3.8) is 0 Å². The molecule has 0 N–H and O–H groups in total. The monoisotopic (exact) mass is 346 g/mol. The van der Waals surface area contributed by atoms with Crippen molar-refractivity contribution >= 4 is 17.2 Å². The summed E-state index contributed by atoms with van der Waals surface area (Å²) in [6.07, 6.45) is 1.97. The average molecular weight is 346 g/mol. The number of amides is 1. The molecule has 1 aliphatic heterocycles. The Labute approximate surface area is 146 Å². The van der Waals surface area contributed by atoms with Crippen molar-refractivity contribution in [2.45, 2.75) is 25.7 Å². The fraction of sp³-hybridized carbons (Fsp3) is 0.444. The lowest BCUT2D eigenvalue weighted by Gasteiger charge is -2.30. The Bertz CT molecular complexity index is 721. The highest BCUT2D eigenvalue weighted by Gasteiger charge is 2.24. The molecule has 1 aromatic carbocycles. The molecule has 0 unspecified atom stereocenters. The van der Waals surface area contributed by atoms with E-state index in [1.165, 1.54) is 0 Å². The summed E-state index contributed by atoms with van der Waals surface area (Å²) in [7, 11) is 3.27. The molecule has 1 saturated heterocycles. The molecule has 6 heteroatoms. The van der Waals surface area contributed by atoms with Crippen molar-refractivity contribution in [2.75, 3.05) is 27.3 Å². The summed E-state index contributed by atoms with van der Waals surface area (Å²) in [6, 6.07) is 5.85. The molecule has 2 heterocycles. The zero-order valence-corrected chi connectivity index (χ0v) is 15.1. The van der Waals surface area contributed by atoms with E-state index in [0.29, 0.717) is 17.4 Å². The van der Waals surface area contributed by atoms with Gasteiger partial charge in [0.15, 0.2) is 11.5 Å². The second-order valence-electron chi connectivity index (χ2n) is 5.92. The second kappa shape index (κ2) is 7.21. The first-order chi connectivity index (χ1) is 11.6. The van der Waals surface area contributed by atoms with Crippen LogP contribution in [-0.4, -0.2) is 43.1 Å². The molecule has 0 atom stereocenters. The summed E-state index contributed by atoms with van der Waals surface area (Å²) >= 11 is 1.70. The first kappa shape index (κ1) is 16.8. The lowest BCUT2D eigenvalue weighted by atomic mass is 9.97. The molecule has 0 radical (unpaired) electrons. The molecule has 0 bridgehead atoms. The number of likely N-dealkylation sites (tertiary alicyclic amines) is 1. The van der Waals surface area contributed by atoms with E-state index in [1.54, 1.807) is 32.5 Å². The number of ether oxygens (including phenoxy) is 2. The molecule has 1 fully saturated rings. The lowest BCUT2D eigenvalue weighted by molar-refractivity contribution is -0.129. The Morgan fingerprint density at radius 1 is 1.21 bits per heavy atom. The van der Waals surface area contributed by atoms with Crippen LogP contribution >= 0.6 is 11.3 Å². The number of carbonyl (C=O) groups excluding carboxylic acids is 1. The molecule has 5 nitrogen and oxygen atoms in total. The van der Waals surface area contributed by atoms with Crippen LogP contribution in [0.1, 0.15) is 30.7 Å². The fourth-order valence-corrected chi connectivity index (χ4v) is 4.04. The van der Waals surface area contributed by atoms with Gasteiger partial charge in [0.1, 0.15) is 0 Å². The van der Waals surface area contributed by atoms with Crippen LogP contribution in [0, 0.1) is 0 Å². The molecule has 1 aliphatic rings. The van der Waals surface area contributed by atoms with Gasteiger partial charge >= 0.3 is 0 Å². The van der Waals surface area contributed by atoms with Crippen LogP contribution in [0.25, 0.3) is 11.3 Å². The molecule has 24 heavy (non-hydrogen) atoms. The van der Waals surface area contributed by atoms with Crippen LogP contribution in [0.5, 0.6) is 11.5 Å². The van der Waals surface area contributed by atoms with Crippen molar-refractivity contribution in [1.29, 1.82) is 0 Å². The Balaban J connectivity index is 1.75. The van der Waals surface area contributed by atoms with E-state index in [1.807, 2.05) is 23.1 Å². The highest BCUT2D eigenvalue weighted by atomic mass is 32.1. The van der Waals surface area contributed by atoms with Gasteiger partial charge in [-0.15, -0.1) is 11.3 Å². The quantitative estimate of drug-likeness (QED) is 0.849. The average Bonchev–Trinajstić information content (AvgIpc) is 3.11.